The highest BCUT2D eigenvalue weighted by Crippen LogP contribution is 2.62. The lowest BCUT2D eigenvalue weighted by Crippen LogP contribution is -2.47. The number of likely N-dealkylation sites (tertiary alicyclic amines) is 2. The molecule has 50 heavy (non-hydrogen) atoms. The van der Waals surface area contributed by atoms with Crippen molar-refractivity contribution in [3.63, 3.8) is 0 Å². The molecule has 7 atom stereocenters. The summed E-state index contributed by atoms with van der Waals surface area (Å²) in [6.07, 6.45) is 4.70. The van der Waals surface area contributed by atoms with Crippen LogP contribution < -0.4 is 4.74 Å². The third-order valence-electron chi connectivity index (χ3n) is 13.1. The Kier molecular flexibility index (Phi) is 11.9. The Morgan fingerprint density at radius 2 is 1.66 bits per heavy atom. The van der Waals surface area contributed by atoms with E-state index in [4.69, 9.17) is 4.74 Å². The Bertz CT molecular complexity index is 1350. The first-order valence-corrected chi connectivity index (χ1v) is 20.6. The highest BCUT2D eigenvalue weighted by molar-refractivity contribution is 7.84. The van der Waals surface area contributed by atoms with Gasteiger partial charge in [-0.2, -0.15) is 22.0 Å². The number of amides is 1. The minimum absolute atomic E-state index is 0.153. The number of aliphatic hydroxyl groups is 1. The van der Waals surface area contributed by atoms with Gasteiger partial charge in [-0.25, -0.2) is 4.79 Å². The van der Waals surface area contributed by atoms with Crippen molar-refractivity contribution in [3.8, 4) is 5.75 Å². The standard InChI is InChI=1S/C38H55F5N2O4S/c1-36-17-13-31-30-10-9-29(49-35(47)45-20-14-28(15-21-45)44-18-4-2-3-5-19-44)25-27(30)24-26(34(31)32(36)11-12-33(36)46)8-6-22-50(48)23-7-16-37(39,40)38(41,42)43/h9-10,25-26,28,31-34,46H,2-8,11-24H2,1H3/t26-,31-,32+,33+,34-,36+,50?/m1/s1. The van der Waals surface area contributed by atoms with E-state index in [1.807, 2.05) is 17.0 Å². The minimum atomic E-state index is -5.59. The van der Waals surface area contributed by atoms with Gasteiger partial charge in [-0.1, -0.05) is 25.8 Å². The van der Waals surface area contributed by atoms with Gasteiger partial charge in [0.25, 0.3) is 0 Å². The topological polar surface area (TPSA) is 70.1 Å². The molecule has 282 valence electrons. The summed E-state index contributed by atoms with van der Waals surface area (Å²) >= 11 is 0. The molecule has 0 spiro atoms. The molecule has 2 saturated carbocycles. The number of carbonyl (C=O) groups is 1. The van der Waals surface area contributed by atoms with Gasteiger partial charge in [0.1, 0.15) is 5.75 Å². The maximum absolute atomic E-state index is 13.3. The first-order chi connectivity index (χ1) is 23.8. The summed E-state index contributed by atoms with van der Waals surface area (Å²) in [6, 6.07) is 6.58. The second-order valence-electron chi connectivity index (χ2n) is 16.1. The Balaban J connectivity index is 1.08. The van der Waals surface area contributed by atoms with Crippen molar-refractivity contribution < 1.29 is 40.8 Å². The van der Waals surface area contributed by atoms with Crippen LogP contribution in [0.3, 0.4) is 0 Å². The second-order valence-corrected chi connectivity index (χ2v) is 17.8. The van der Waals surface area contributed by atoms with E-state index in [-0.39, 0.29) is 35.0 Å². The molecular formula is C38H55F5N2O4S. The number of hydrogen-bond acceptors (Lipinski definition) is 5. The molecule has 0 bridgehead atoms. The van der Waals surface area contributed by atoms with Crippen LogP contribution in [0.15, 0.2) is 18.2 Å². The average molecular weight is 731 g/mol. The van der Waals surface area contributed by atoms with Gasteiger partial charge in [0.15, 0.2) is 0 Å². The molecule has 1 aromatic carbocycles. The molecular weight excluding hydrogens is 675 g/mol. The number of nitrogens with zero attached hydrogens (tertiary/aromatic N) is 2. The average Bonchev–Trinajstić information content (AvgIpc) is 3.21. The fourth-order valence-corrected chi connectivity index (χ4v) is 11.5. The van der Waals surface area contributed by atoms with Crippen molar-refractivity contribution in [1.29, 1.82) is 0 Å². The summed E-state index contributed by atoms with van der Waals surface area (Å²) in [4.78, 5) is 17.7. The first kappa shape index (κ1) is 38.0. The van der Waals surface area contributed by atoms with Gasteiger partial charge in [-0.05, 0) is 142 Å². The van der Waals surface area contributed by atoms with E-state index in [9.17, 15) is 36.1 Å². The predicted molar refractivity (Wildman–Crippen MR) is 184 cm³/mol. The van der Waals surface area contributed by atoms with Crippen LogP contribution in [0.25, 0.3) is 0 Å². The van der Waals surface area contributed by atoms with Crippen molar-refractivity contribution in [2.45, 2.75) is 133 Å². The summed E-state index contributed by atoms with van der Waals surface area (Å²) in [6.45, 7) is 5.89. The highest BCUT2D eigenvalue weighted by atomic mass is 32.2. The number of halogens is 5. The number of fused-ring (bicyclic) bond motifs is 5. The predicted octanol–water partition coefficient (Wildman–Crippen LogP) is 8.48. The number of benzene rings is 1. The molecule has 2 heterocycles. The maximum atomic E-state index is 13.3. The van der Waals surface area contributed by atoms with E-state index in [1.165, 1.54) is 31.2 Å². The molecule has 0 radical (unpaired) electrons. The van der Waals surface area contributed by atoms with Crippen molar-refractivity contribution in [2.24, 2.45) is 23.2 Å². The molecule has 6 nitrogen and oxygen atoms in total. The molecule has 0 aromatic heterocycles. The number of carbonyl (C=O) groups excluding carboxylic acids is 1. The van der Waals surface area contributed by atoms with E-state index < -0.39 is 35.7 Å². The van der Waals surface area contributed by atoms with Crippen LogP contribution in [0.2, 0.25) is 0 Å². The monoisotopic (exact) mass is 730 g/mol. The molecule has 1 aromatic rings. The number of rotatable bonds is 10. The number of alkyl halides is 5. The van der Waals surface area contributed by atoms with Crippen LogP contribution >= 0.6 is 0 Å². The minimum Gasteiger partial charge on any atom is -0.410 e. The van der Waals surface area contributed by atoms with E-state index in [1.54, 1.807) is 0 Å². The lowest BCUT2D eigenvalue weighted by atomic mass is 9.52. The number of ether oxygens (including phenoxy) is 1. The number of hydrogen-bond donors (Lipinski definition) is 1. The van der Waals surface area contributed by atoms with Crippen molar-refractivity contribution in [3.05, 3.63) is 29.3 Å². The van der Waals surface area contributed by atoms with Crippen LogP contribution in [0, 0.1) is 23.2 Å². The molecule has 4 fully saturated rings. The summed E-state index contributed by atoms with van der Waals surface area (Å²) < 4.78 is 82.9. The third-order valence-corrected chi connectivity index (χ3v) is 14.6. The third kappa shape index (κ3) is 8.22. The Morgan fingerprint density at radius 1 is 0.960 bits per heavy atom. The first-order valence-electron chi connectivity index (χ1n) is 19.1. The molecule has 6 rings (SSSR count). The smallest absolute Gasteiger partial charge is 0.410 e. The highest BCUT2D eigenvalue weighted by Gasteiger charge is 2.57. The van der Waals surface area contributed by atoms with Gasteiger partial charge in [-0.3, -0.25) is 4.21 Å². The summed E-state index contributed by atoms with van der Waals surface area (Å²) in [7, 11) is -1.48. The van der Waals surface area contributed by atoms with Gasteiger partial charge in [0.05, 0.1) is 6.10 Å². The van der Waals surface area contributed by atoms with E-state index in [2.05, 4.69) is 17.9 Å². The normalized spacial score (nSPS) is 31.7. The molecule has 1 unspecified atom stereocenters. The maximum Gasteiger partial charge on any atom is 0.453 e. The fourth-order valence-electron chi connectivity index (χ4n) is 10.3. The quantitative estimate of drug-likeness (QED) is 0.245. The van der Waals surface area contributed by atoms with Gasteiger partial charge in [-0.15, -0.1) is 0 Å². The molecule has 3 aliphatic carbocycles. The lowest BCUT2D eigenvalue weighted by Gasteiger charge is -2.53. The number of aliphatic hydroxyl groups excluding tert-OH is 1. The molecule has 5 aliphatic rings. The largest absolute Gasteiger partial charge is 0.453 e. The molecule has 12 heteroatoms. The van der Waals surface area contributed by atoms with Crippen LogP contribution in [0.5, 0.6) is 5.75 Å². The molecule has 2 saturated heterocycles. The molecule has 2 aliphatic heterocycles. The zero-order chi connectivity index (χ0) is 35.7. The van der Waals surface area contributed by atoms with Gasteiger partial charge >= 0.3 is 18.2 Å². The van der Waals surface area contributed by atoms with Crippen LogP contribution in [-0.4, -0.2) is 87.1 Å². The van der Waals surface area contributed by atoms with Crippen LogP contribution in [0.1, 0.15) is 114 Å². The molecule has 1 N–H and O–H groups in total. The van der Waals surface area contributed by atoms with Crippen molar-refractivity contribution >= 4 is 16.9 Å². The second kappa shape index (κ2) is 15.7. The van der Waals surface area contributed by atoms with Crippen LogP contribution in [-0.2, 0) is 17.2 Å². The zero-order valence-corrected chi connectivity index (χ0v) is 30.2. The van der Waals surface area contributed by atoms with Crippen molar-refractivity contribution in [1.82, 2.24) is 9.80 Å². The SMILES string of the molecule is C[C@]12CC[C@@H]3c4ccc(OC(=O)N5CCC(N6CCCCCC6)CC5)cc4C[C@@H](CCCS(=O)CCCC(F)(F)C(F)(F)F)[C@H]3[C@@H]1CC[C@@H]2O. The Labute approximate surface area is 296 Å². The van der Waals surface area contributed by atoms with Crippen LogP contribution in [0.4, 0.5) is 26.7 Å². The van der Waals surface area contributed by atoms with E-state index in [0.717, 1.165) is 70.0 Å². The van der Waals surface area contributed by atoms with E-state index >= 15 is 0 Å². The fraction of sp³-hybridized carbons (Fsp3) is 0.816. The van der Waals surface area contributed by atoms with Crippen molar-refractivity contribution in [2.75, 3.05) is 37.7 Å². The summed E-state index contributed by atoms with van der Waals surface area (Å²) in [5.41, 5.74) is 2.28. The Hall–Kier alpha value is -1.79. The summed E-state index contributed by atoms with van der Waals surface area (Å²) in [5, 5.41) is 11.0. The lowest BCUT2D eigenvalue weighted by molar-refractivity contribution is -0.284. The van der Waals surface area contributed by atoms with E-state index in [0.29, 0.717) is 49.1 Å². The van der Waals surface area contributed by atoms with Gasteiger partial charge < -0.3 is 19.6 Å². The molecule has 1 amide bonds. The van der Waals surface area contributed by atoms with Gasteiger partial charge in [0, 0.05) is 47.9 Å². The van der Waals surface area contributed by atoms with Gasteiger partial charge in [0.2, 0.25) is 0 Å². The number of piperidine rings is 1. The Morgan fingerprint density at radius 3 is 2.36 bits per heavy atom. The zero-order valence-electron chi connectivity index (χ0n) is 29.4. The summed E-state index contributed by atoms with van der Waals surface area (Å²) in [5.74, 6) is -2.94.